The summed E-state index contributed by atoms with van der Waals surface area (Å²) < 4.78 is 35.8. The average molecular weight is 568 g/mol. The van der Waals surface area contributed by atoms with Gasteiger partial charge in [0, 0.05) is 5.02 Å². The Balaban J connectivity index is 1.64. The van der Waals surface area contributed by atoms with E-state index in [0.717, 1.165) is 17.5 Å². The smallest absolute Gasteiger partial charge is 0.341 e. The Morgan fingerprint density at radius 3 is 2.71 bits per heavy atom. The number of benzene rings is 2. The lowest BCUT2D eigenvalue weighted by atomic mass is 9.87. The number of nitrogens with zero attached hydrogens (tertiary/aromatic N) is 2. The number of halogens is 2. The molecule has 2 aromatic carbocycles. The van der Waals surface area contributed by atoms with E-state index in [9.17, 15) is 13.6 Å². The Morgan fingerprint density at radius 1 is 1.26 bits per heavy atom. The van der Waals surface area contributed by atoms with Gasteiger partial charge in [0.1, 0.15) is 11.5 Å². The van der Waals surface area contributed by atoms with Crippen molar-refractivity contribution in [1.82, 2.24) is 4.98 Å². The van der Waals surface area contributed by atoms with Crippen LogP contribution in [-0.2, 0) is 22.5 Å². The average Bonchev–Trinajstić information content (AvgIpc) is 2.81. The molecule has 0 fully saturated rings. The van der Waals surface area contributed by atoms with Gasteiger partial charge < -0.3 is 14.6 Å². The number of carbonyl (C=O) groups is 1. The van der Waals surface area contributed by atoms with Gasteiger partial charge in [0.05, 0.1) is 22.4 Å². The number of aromatic nitrogens is 1. The third-order valence-corrected chi connectivity index (χ3v) is 6.93. The topological polar surface area (TPSA) is 109 Å². The van der Waals surface area contributed by atoms with Crippen LogP contribution in [0.5, 0.6) is 17.4 Å². The van der Waals surface area contributed by atoms with E-state index in [1.54, 1.807) is 42.5 Å². The van der Waals surface area contributed by atoms with Crippen molar-refractivity contribution in [3.63, 3.8) is 0 Å². The van der Waals surface area contributed by atoms with Gasteiger partial charge >= 0.3 is 5.97 Å². The summed E-state index contributed by atoms with van der Waals surface area (Å²) in [7, 11) is 0. The number of hydrogen-bond acceptors (Lipinski definition) is 5. The molecule has 0 radical (unpaired) electrons. The predicted molar refractivity (Wildman–Crippen MR) is 132 cm³/mol. The number of carboxylic acids is 1. The minimum absolute atomic E-state index is 0.295. The molecule has 2 atom stereocenters. The molecule has 1 heterocycles. The summed E-state index contributed by atoms with van der Waals surface area (Å²) in [6.07, 6.45) is 3.53. The Kier molecular flexibility index (Phi) is 7.72. The van der Waals surface area contributed by atoms with Crippen LogP contribution in [0.4, 0.5) is 5.69 Å². The van der Waals surface area contributed by atoms with Crippen LogP contribution in [0.15, 0.2) is 59.2 Å². The van der Waals surface area contributed by atoms with E-state index in [1.165, 1.54) is 10.5 Å². The molecule has 3 aromatic rings. The normalized spacial score (nSPS) is 15.8. The molecule has 178 valence electrons. The maximum Gasteiger partial charge on any atom is 0.341 e. The van der Waals surface area contributed by atoms with Crippen molar-refractivity contribution in [1.29, 1.82) is 0 Å². The van der Waals surface area contributed by atoms with Crippen LogP contribution in [-0.4, -0.2) is 31.4 Å². The third-order valence-electron chi connectivity index (χ3n) is 5.31. The molecule has 0 amide bonds. The highest BCUT2D eigenvalue weighted by atomic mass is 79.9. The minimum atomic E-state index is -2.35. The summed E-state index contributed by atoms with van der Waals surface area (Å²) in [6, 6.07) is 13.4. The predicted octanol–water partition coefficient (Wildman–Crippen LogP) is 5.77. The van der Waals surface area contributed by atoms with Gasteiger partial charge in [0.15, 0.2) is 6.61 Å². The molecule has 34 heavy (non-hydrogen) atoms. The van der Waals surface area contributed by atoms with Gasteiger partial charge in [-0.3, -0.25) is 8.86 Å². The summed E-state index contributed by atoms with van der Waals surface area (Å²) in [4.78, 5) is 15.3. The van der Waals surface area contributed by atoms with Crippen LogP contribution < -0.4 is 13.8 Å². The van der Waals surface area contributed by atoms with Gasteiger partial charge in [0.25, 0.3) is 11.3 Å². The van der Waals surface area contributed by atoms with Gasteiger partial charge in [0.2, 0.25) is 5.88 Å². The molecular formula is C23H20BrClN2O6S. The first-order chi connectivity index (χ1) is 16.3. The third kappa shape index (κ3) is 5.52. The lowest BCUT2D eigenvalue weighted by molar-refractivity contribution is -0.139. The van der Waals surface area contributed by atoms with Crippen molar-refractivity contribution in [2.75, 3.05) is 10.9 Å². The van der Waals surface area contributed by atoms with Crippen molar-refractivity contribution in [3.05, 3.63) is 75.4 Å². The molecule has 1 aliphatic rings. The van der Waals surface area contributed by atoms with Crippen molar-refractivity contribution in [3.8, 4) is 17.4 Å². The monoisotopic (exact) mass is 566 g/mol. The molecule has 0 aliphatic heterocycles. The summed E-state index contributed by atoms with van der Waals surface area (Å²) in [6.45, 7) is -0.456. The lowest BCUT2D eigenvalue weighted by Gasteiger charge is -2.35. The van der Waals surface area contributed by atoms with Crippen LogP contribution >= 0.6 is 27.5 Å². The minimum Gasteiger partial charge on any atom is -0.482 e. The maximum absolute atomic E-state index is 12.5. The number of hydrogen-bond donors (Lipinski definition) is 2. The molecular weight excluding hydrogens is 548 g/mol. The number of anilines is 1. The van der Waals surface area contributed by atoms with Crippen molar-refractivity contribution < 1.29 is 28.1 Å². The number of carboxylic acid groups (broad SMARTS) is 1. The SMILES string of the molecule is O=C(O)COc1cccc2c1CCCC2N(c1cnc(Oc2ccc(Cl)cc2)c(Br)c1)S(=O)O. The van der Waals surface area contributed by atoms with E-state index in [0.29, 0.717) is 45.4 Å². The highest BCUT2D eigenvalue weighted by molar-refractivity contribution is 9.10. The van der Waals surface area contributed by atoms with E-state index in [2.05, 4.69) is 20.9 Å². The first-order valence-electron chi connectivity index (χ1n) is 10.3. The molecule has 0 saturated heterocycles. The van der Waals surface area contributed by atoms with Crippen LogP contribution in [0.2, 0.25) is 5.02 Å². The highest BCUT2D eigenvalue weighted by Crippen LogP contribution is 2.42. The zero-order chi connectivity index (χ0) is 24.2. The van der Waals surface area contributed by atoms with Crippen molar-refractivity contribution >= 4 is 50.5 Å². The fourth-order valence-corrected chi connectivity index (χ4v) is 5.17. The molecule has 2 unspecified atom stereocenters. The van der Waals surface area contributed by atoms with E-state index >= 15 is 0 Å². The van der Waals surface area contributed by atoms with Crippen LogP contribution in [0.1, 0.15) is 30.0 Å². The fourth-order valence-electron chi connectivity index (χ4n) is 3.91. The molecule has 4 rings (SSSR count). The van der Waals surface area contributed by atoms with E-state index in [1.807, 2.05) is 6.07 Å². The van der Waals surface area contributed by atoms with Gasteiger partial charge in [-0.1, -0.05) is 23.7 Å². The van der Waals surface area contributed by atoms with Gasteiger partial charge in [-0.25, -0.2) is 14.0 Å². The van der Waals surface area contributed by atoms with E-state index in [4.69, 9.17) is 26.2 Å². The molecule has 0 spiro atoms. The van der Waals surface area contributed by atoms with Crippen LogP contribution in [0, 0.1) is 0 Å². The summed E-state index contributed by atoms with van der Waals surface area (Å²) >= 11 is 7.00. The molecule has 1 aromatic heterocycles. The number of rotatable bonds is 8. The molecule has 8 nitrogen and oxygen atoms in total. The van der Waals surface area contributed by atoms with Crippen molar-refractivity contribution in [2.24, 2.45) is 0 Å². The van der Waals surface area contributed by atoms with Gasteiger partial charge in [-0.05, 0) is 82.7 Å². The molecule has 1 aliphatic carbocycles. The number of fused-ring (bicyclic) bond motifs is 1. The molecule has 0 bridgehead atoms. The van der Waals surface area contributed by atoms with Gasteiger partial charge in [-0.2, -0.15) is 0 Å². The summed E-state index contributed by atoms with van der Waals surface area (Å²) in [5, 5.41) is 9.54. The lowest BCUT2D eigenvalue weighted by Crippen LogP contribution is -2.33. The fraction of sp³-hybridized carbons (Fsp3) is 0.217. The second-order valence-corrected chi connectivity index (χ2v) is 9.65. The molecule has 2 N–H and O–H groups in total. The summed E-state index contributed by atoms with van der Waals surface area (Å²) in [5.41, 5.74) is 2.07. The molecule has 11 heteroatoms. The zero-order valence-electron chi connectivity index (χ0n) is 17.7. The van der Waals surface area contributed by atoms with E-state index in [-0.39, 0.29) is 0 Å². The number of pyridine rings is 1. The second-order valence-electron chi connectivity index (χ2n) is 7.51. The van der Waals surface area contributed by atoms with Gasteiger partial charge in [-0.15, -0.1) is 0 Å². The van der Waals surface area contributed by atoms with Crippen molar-refractivity contribution in [2.45, 2.75) is 25.3 Å². The largest absolute Gasteiger partial charge is 0.482 e. The summed E-state index contributed by atoms with van der Waals surface area (Å²) in [5.74, 6) is 0.241. The maximum atomic E-state index is 12.5. The van der Waals surface area contributed by atoms with E-state index < -0.39 is 29.9 Å². The highest BCUT2D eigenvalue weighted by Gasteiger charge is 2.32. The van der Waals surface area contributed by atoms with Crippen LogP contribution in [0.25, 0.3) is 0 Å². The quantitative estimate of drug-likeness (QED) is 0.332. The Bertz CT molecular complexity index is 1230. The molecule has 0 saturated carbocycles. The Morgan fingerprint density at radius 2 is 2.03 bits per heavy atom. The number of aliphatic carboxylic acids is 1. The Hall–Kier alpha value is -2.66. The first kappa shape index (κ1) is 24.5. The second kappa shape index (κ2) is 10.7. The number of ether oxygens (including phenoxy) is 2. The standard InChI is InChI=1S/C23H20BrClN2O6S/c24-19-11-15(12-26-23(19)33-16-9-7-14(25)8-10-16)27(34(30)31)20-5-1-4-18-17(20)3-2-6-21(18)32-13-22(28)29/h2-3,6-12,20H,1,4-5,13H2,(H,28,29)(H,30,31). The zero-order valence-corrected chi connectivity index (χ0v) is 20.8. The Labute approximate surface area is 212 Å². The first-order valence-corrected chi connectivity index (χ1v) is 12.5. The van der Waals surface area contributed by atoms with Crippen LogP contribution in [0.3, 0.4) is 0 Å².